The highest BCUT2D eigenvalue weighted by molar-refractivity contribution is 6.31. The predicted octanol–water partition coefficient (Wildman–Crippen LogP) is 4.54. The highest BCUT2D eigenvalue weighted by atomic mass is 35.5. The summed E-state index contributed by atoms with van der Waals surface area (Å²) < 4.78 is 11.2. The van der Waals surface area contributed by atoms with Crippen LogP contribution in [0.15, 0.2) is 30.3 Å². The lowest BCUT2D eigenvalue weighted by molar-refractivity contribution is 0.00576. The van der Waals surface area contributed by atoms with Crippen LogP contribution in [0.1, 0.15) is 61.4 Å². The van der Waals surface area contributed by atoms with Gasteiger partial charge >= 0.3 is 5.97 Å². The lowest BCUT2D eigenvalue weighted by Gasteiger charge is -2.20. The summed E-state index contributed by atoms with van der Waals surface area (Å²) in [4.78, 5) is 21.3. The predicted molar refractivity (Wildman–Crippen MR) is 95.0 cm³/mol. The van der Waals surface area contributed by atoms with Crippen molar-refractivity contribution in [2.24, 2.45) is 0 Å². The Bertz CT molecular complexity index is 768. The van der Waals surface area contributed by atoms with E-state index < -0.39 is 11.6 Å². The number of hydrogen-bond donors (Lipinski definition) is 0. The Morgan fingerprint density at radius 2 is 1.88 bits per heavy atom. The molecule has 1 saturated carbocycles. The van der Waals surface area contributed by atoms with Gasteiger partial charge in [-0.25, -0.2) is 14.8 Å². The van der Waals surface area contributed by atoms with Crippen LogP contribution in [0, 0.1) is 0 Å². The molecule has 0 unspecified atom stereocenters. The fourth-order valence-electron chi connectivity index (χ4n) is 2.29. The average Bonchev–Trinajstić information content (AvgIpc) is 3.37. The van der Waals surface area contributed by atoms with Crippen molar-refractivity contribution in [3.8, 4) is 5.75 Å². The van der Waals surface area contributed by atoms with Crippen molar-refractivity contribution < 1.29 is 14.3 Å². The lowest BCUT2D eigenvalue weighted by Crippen LogP contribution is -2.25. The molecule has 2 aromatic rings. The summed E-state index contributed by atoms with van der Waals surface area (Å²) in [6.45, 7) is 5.68. The standard InChI is InChI=1S/C19H21ClN2O3/c1-19(2,3)25-18(23)14-15(24-11-12-7-5-4-6-8-12)16(20)22-17(21-14)13-9-10-13/h4-8,13H,9-11H2,1-3H3. The first-order chi connectivity index (χ1) is 11.8. The molecule has 0 radical (unpaired) electrons. The molecule has 1 heterocycles. The van der Waals surface area contributed by atoms with E-state index in [1.165, 1.54) is 0 Å². The van der Waals surface area contributed by atoms with E-state index in [0.717, 1.165) is 18.4 Å². The van der Waals surface area contributed by atoms with E-state index in [1.54, 1.807) is 20.8 Å². The van der Waals surface area contributed by atoms with Crippen molar-refractivity contribution in [3.63, 3.8) is 0 Å². The molecular formula is C19H21ClN2O3. The van der Waals surface area contributed by atoms with Crippen molar-refractivity contribution in [2.45, 2.75) is 51.7 Å². The van der Waals surface area contributed by atoms with Gasteiger partial charge in [0.25, 0.3) is 0 Å². The molecule has 1 fully saturated rings. The second-order valence-corrected chi connectivity index (χ2v) is 7.46. The van der Waals surface area contributed by atoms with E-state index in [1.807, 2.05) is 30.3 Å². The lowest BCUT2D eigenvalue weighted by atomic mass is 10.2. The highest BCUT2D eigenvalue weighted by Gasteiger charge is 2.32. The minimum atomic E-state index is -0.634. The van der Waals surface area contributed by atoms with E-state index in [0.29, 0.717) is 5.82 Å². The van der Waals surface area contributed by atoms with Crippen LogP contribution in [0.5, 0.6) is 5.75 Å². The van der Waals surface area contributed by atoms with Gasteiger partial charge in [-0.2, -0.15) is 0 Å². The quantitative estimate of drug-likeness (QED) is 0.578. The number of halogens is 1. The summed E-state index contributed by atoms with van der Waals surface area (Å²) in [5, 5.41) is 0.147. The molecule has 5 nitrogen and oxygen atoms in total. The number of carbonyl (C=O) groups is 1. The third-order valence-electron chi connectivity index (χ3n) is 3.60. The van der Waals surface area contributed by atoms with Gasteiger partial charge in [0.15, 0.2) is 16.6 Å². The maximum Gasteiger partial charge on any atom is 0.361 e. The molecule has 0 N–H and O–H groups in total. The molecule has 6 heteroatoms. The van der Waals surface area contributed by atoms with Crippen molar-refractivity contribution in [1.29, 1.82) is 0 Å². The molecule has 0 amide bonds. The second-order valence-electron chi connectivity index (χ2n) is 7.10. The van der Waals surface area contributed by atoms with Crippen molar-refractivity contribution in [1.82, 2.24) is 9.97 Å². The van der Waals surface area contributed by atoms with Gasteiger partial charge < -0.3 is 9.47 Å². The number of aromatic nitrogens is 2. The van der Waals surface area contributed by atoms with Crippen molar-refractivity contribution in [3.05, 3.63) is 52.6 Å². The zero-order valence-electron chi connectivity index (χ0n) is 14.6. The summed E-state index contributed by atoms with van der Waals surface area (Å²) in [5.41, 5.74) is 0.415. The number of carbonyl (C=O) groups excluding carboxylic acids is 1. The smallest absolute Gasteiger partial charge is 0.361 e. The topological polar surface area (TPSA) is 61.3 Å². The van der Waals surface area contributed by atoms with E-state index in [2.05, 4.69) is 9.97 Å². The van der Waals surface area contributed by atoms with Crippen LogP contribution in [0.25, 0.3) is 0 Å². The largest absolute Gasteiger partial charge is 0.483 e. The molecule has 0 spiro atoms. The summed E-state index contributed by atoms with van der Waals surface area (Å²) in [6.07, 6.45) is 2.02. The summed E-state index contributed by atoms with van der Waals surface area (Å²) in [6, 6.07) is 9.63. The molecule has 25 heavy (non-hydrogen) atoms. The van der Waals surface area contributed by atoms with Gasteiger partial charge in [-0.15, -0.1) is 0 Å². The Morgan fingerprint density at radius 1 is 1.20 bits per heavy atom. The third-order valence-corrected chi connectivity index (χ3v) is 3.86. The molecule has 1 aliphatic carbocycles. The second kappa shape index (κ2) is 7.00. The van der Waals surface area contributed by atoms with Gasteiger partial charge in [0.05, 0.1) is 0 Å². The van der Waals surface area contributed by atoms with Gasteiger partial charge in [-0.1, -0.05) is 41.9 Å². The molecule has 1 aliphatic rings. The van der Waals surface area contributed by atoms with Crippen LogP contribution in [-0.2, 0) is 11.3 Å². The zero-order valence-corrected chi connectivity index (χ0v) is 15.3. The van der Waals surface area contributed by atoms with E-state index in [9.17, 15) is 4.79 Å². The Balaban J connectivity index is 1.90. The van der Waals surface area contributed by atoms with E-state index >= 15 is 0 Å². The highest BCUT2D eigenvalue weighted by Crippen LogP contribution is 2.40. The Hall–Kier alpha value is -2.14. The van der Waals surface area contributed by atoms with Gasteiger partial charge in [-0.3, -0.25) is 0 Å². The van der Waals surface area contributed by atoms with Gasteiger partial charge in [-0.05, 0) is 39.2 Å². The Kier molecular flexibility index (Phi) is 4.95. The monoisotopic (exact) mass is 360 g/mol. The number of benzene rings is 1. The minimum absolute atomic E-state index is 0.0905. The number of ether oxygens (including phenoxy) is 2. The van der Waals surface area contributed by atoms with Gasteiger partial charge in [0.2, 0.25) is 0 Å². The summed E-state index contributed by atoms with van der Waals surface area (Å²) >= 11 is 6.30. The van der Waals surface area contributed by atoms with Crippen LogP contribution in [0.4, 0.5) is 0 Å². The van der Waals surface area contributed by atoms with E-state index in [-0.39, 0.29) is 29.1 Å². The summed E-state index contributed by atoms with van der Waals surface area (Å²) in [5.74, 6) is 0.464. The molecular weight excluding hydrogens is 340 g/mol. The molecule has 0 saturated heterocycles. The first-order valence-corrected chi connectivity index (χ1v) is 8.69. The Morgan fingerprint density at radius 3 is 2.48 bits per heavy atom. The van der Waals surface area contributed by atoms with Crippen LogP contribution in [-0.4, -0.2) is 21.5 Å². The molecule has 0 bridgehead atoms. The van der Waals surface area contributed by atoms with Crippen LogP contribution >= 0.6 is 11.6 Å². The molecule has 1 aromatic heterocycles. The summed E-state index contributed by atoms with van der Waals surface area (Å²) in [7, 11) is 0. The molecule has 1 aromatic carbocycles. The SMILES string of the molecule is CC(C)(C)OC(=O)c1nc(C2CC2)nc(Cl)c1OCc1ccccc1. The van der Waals surface area contributed by atoms with Crippen LogP contribution < -0.4 is 4.74 Å². The van der Waals surface area contributed by atoms with Crippen LogP contribution in [0.3, 0.4) is 0 Å². The molecule has 3 rings (SSSR count). The maximum absolute atomic E-state index is 12.6. The van der Waals surface area contributed by atoms with Gasteiger partial charge in [0, 0.05) is 5.92 Å². The number of esters is 1. The van der Waals surface area contributed by atoms with Gasteiger partial charge in [0.1, 0.15) is 18.0 Å². The molecule has 132 valence electrons. The van der Waals surface area contributed by atoms with Crippen LogP contribution in [0.2, 0.25) is 5.15 Å². The number of rotatable bonds is 5. The third kappa shape index (κ3) is 4.69. The average molecular weight is 361 g/mol. The first-order valence-electron chi connectivity index (χ1n) is 8.31. The maximum atomic E-state index is 12.6. The number of nitrogens with zero attached hydrogens (tertiary/aromatic N) is 2. The van der Waals surface area contributed by atoms with E-state index in [4.69, 9.17) is 21.1 Å². The van der Waals surface area contributed by atoms with Crippen molar-refractivity contribution >= 4 is 17.6 Å². The fourth-order valence-corrected chi connectivity index (χ4v) is 2.52. The Labute approximate surface area is 152 Å². The minimum Gasteiger partial charge on any atom is -0.483 e. The first kappa shape index (κ1) is 17.7. The zero-order chi connectivity index (χ0) is 18.0. The molecule has 0 atom stereocenters. The fraction of sp³-hybridized carbons (Fsp3) is 0.421. The normalized spacial score (nSPS) is 14.2. The van der Waals surface area contributed by atoms with Crippen molar-refractivity contribution in [2.75, 3.05) is 0 Å². The number of hydrogen-bond acceptors (Lipinski definition) is 5. The molecule has 0 aliphatic heterocycles.